The SMILES string of the molecule is CC1=C\[C@H](C)C[C@@]2(C)CC[C@@H](O2)[C@@]23CC[C@@](C)(C[C@@H](O2)[C@H]2O[C@](C)(CC2=O)[C@@H](O)[C@@H]2CC[C@@]4(CCC[C@H](O4)[C@@H](C)C(=O)O[C@@H]4[C@H](O)[C@@H]([C@@]5(O)OCC[C@@H](C)[C@H]5O)O[C@@H]4\C=C\1)O2)O3. The summed E-state index contributed by atoms with van der Waals surface area (Å²) in [5, 5.41) is 46.6. The first-order valence-corrected chi connectivity index (χ1v) is 23.4. The highest BCUT2D eigenvalue weighted by atomic mass is 16.8. The number of carbonyl (C=O) groups is 2. The molecular weight excluding hydrogens is 805 g/mol. The van der Waals surface area contributed by atoms with Gasteiger partial charge < -0.3 is 63.1 Å². The Bertz CT molecular complexity index is 1790. The number of aliphatic hydroxyl groups is 4. The fraction of sp³-hybridized carbons (Fsp3) is 0.872. The van der Waals surface area contributed by atoms with Crippen molar-refractivity contribution >= 4 is 11.8 Å². The predicted molar refractivity (Wildman–Crippen MR) is 219 cm³/mol. The van der Waals surface area contributed by atoms with Crippen molar-refractivity contribution in [3.8, 4) is 0 Å². The minimum absolute atomic E-state index is 0.000256. The van der Waals surface area contributed by atoms with Crippen LogP contribution in [0.15, 0.2) is 23.8 Å². The van der Waals surface area contributed by atoms with Crippen LogP contribution in [-0.2, 0) is 52.2 Å². The highest BCUT2D eigenvalue weighted by Gasteiger charge is 2.65. The van der Waals surface area contributed by atoms with E-state index in [4.69, 9.17) is 42.6 Å². The third-order valence-corrected chi connectivity index (χ3v) is 16.0. The van der Waals surface area contributed by atoms with Gasteiger partial charge >= 0.3 is 5.97 Å². The van der Waals surface area contributed by atoms with Crippen LogP contribution in [0.5, 0.6) is 0 Å². The molecule has 8 saturated heterocycles. The number of ether oxygens (including phenoxy) is 9. The smallest absolute Gasteiger partial charge is 0.311 e. The Morgan fingerprint density at radius 3 is 2.34 bits per heavy atom. The number of hydrogen-bond donors (Lipinski definition) is 4. The van der Waals surface area contributed by atoms with Crippen LogP contribution < -0.4 is 0 Å². The second-order valence-electron chi connectivity index (χ2n) is 21.4. The number of allylic oxidation sites excluding steroid dienone is 3. The molecule has 0 saturated carbocycles. The second-order valence-corrected chi connectivity index (χ2v) is 21.4. The summed E-state index contributed by atoms with van der Waals surface area (Å²) in [7, 11) is 0. The summed E-state index contributed by atoms with van der Waals surface area (Å²) in [6.45, 7) is 13.7. The molecule has 15 nitrogen and oxygen atoms in total. The van der Waals surface area contributed by atoms with Crippen LogP contribution in [0.3, 0.4) is 0 Å². The van der Waals surface area contributed by atoms with Crippen LogP contribution in [0.2, 0.25) is 0 Å². The number of Topliss-reactive ketones (excluding diaryl/α,β-unsaturated/α-hetero) is 1. The standard InChI is InChI=1S/C47H70O15/c1-25-10-11-31-37(35(49)40(55-31)47(53)38(50)27(3)14-20-54-47)56-41(52)28(4)30-9-8-15-45(57-30)17-12-32(58-45)39(51)44(7)23-29(48)36(61-44)33-24-43(6)18-19-46(59-33,62-43)34-13-16-42(5,60-34)22-26(2)21-25/h10-11,21,26-28,30-40,49-51,53H,8-9,12-20,22-24H2,1-7H3/b11-10+,25-21+/t26-,27+,28+,30-,31+,32-,33+,34+,35-,36-,37-,38+,39-,40-,42+,43-,44+,45+,46-,47-/m0/s1. The Morgan fingerprint density at radius 1 is 0.774 bits per heavy atom. The lowest BCUT2D eigenvalue weighted by Gasteiger charge is -2.47. The van der Waals surface area contributed by atoms with E-state index in [0.29, 0.717) is 57.8 Å². The molecular formula is C47H70O15. The van der Waals surface area contributed by atoms with Crippen molar-refractivity contribution in [3.05, 3.63) is 23.8 Å². The molecule has 0 aliphatic carbocycles. The van der Waals surface area contributed by atoms with Gasteiger partial charge in [-0.15, -0.1) is 0 Å². The number of carbonyl (C=O) groups excluding carboxylic acids is 2. The molecule has 9 aliphatic rings. The van der Waals surface area contributed by atoms with Gasteiger partial charge in [-0.05, 0) is 97.8 Å². The van der Waals surface area contributed by atoms with E-state index in [-0.39, 0.29) is 36.8 Å². The first kappa shape index (κ1) is 45.3. The first-order chi connectivity index (χ1) is 29.2. The minimum atomic E-state index is -2.23. The third kappa shape index (κ3) is 7.99. The van der Waals surface area contributed by atoms with Gasteiger partial charge in [-0.1, -0.05) is 37.6 Å². The van der Waals surface area contributed by atoms with Crippen LogP contribution in [-0.4, -0.2) is 140 Å². The maximum atomic E-state index is 14.1. The van der Waals surface area contributed by atoms with Gasteiger partial charge in [0.1, 0.15) is 48.3 Å². The van der Waals surface area contributed by atoms with E-state index in [0.717, 1.165) is 24.8 Å². The fourth-order valence-electron chi connectivity index (χ4n) is 12.5. The van der Waals surface area contributed by atoms with Crippen molar-refractivity contribution in [2.45, 2.75) is 233 Å². The van der Waals surface area contributed by atoms with Gasteiger partial charge in [0.25, 0.3) is 0 Å². The van der Waals surface area contributed by atoms with Crippen LogP contribution in [0.1, 0.15) is 132 Å². The summed E-state index contributed by atoms with van der Waals surface area (Å²) in [5.74, 6) is -6.12. The number of fused-ring (bicyclic) bond motifs is 10. The number of rotatable bonds is 1. The highest BCUT2D eigenvalue weighted by Crippen LogP contribution is 2.55. The number of ketones is 1. The van der Waals surface area contributed by atoms with E-state index >= 15 is 0 Å². The third-order valence-electron chi connectivity index (χ3n) is 16.0. The van der Waals surface area contributed by atoms with E-state index in [1.165, 1.54) is 0 Å². The molecule has 20 atom stereocenters. The first-order valence-electron chi connectivity index (χ1n) is 23.4. The lowest BCUT2D eigenvalue weighted by Crippen LogP contribution is -2.62. The second kappa shape index (κ2) is 16.2. The molecule has 10 bridgehead atoms. The fourth-order valence-corrected chi connectivity index (χ4v) is 12.5. The number of esters is 1. The normalized spacial score (nSPS) is 56.2. The molecule has 62 heavy (non-hydrogen) atoms. The molecule has 9 aliphatic heterocycles. The van der Waals surface area contributed by atoms with Crippen LogP contribution in [0, 0.1) is 17.8 Å². The summed E-state index contributed by atoms with van der Waals surface area (Å²) >= 11 is 0. The monoisotopic (exact) mass is 874 g/mol. The van der Waals surface area contributed by atoms with Crippen molar-refractivity contribution in [3.63, 3.8) is 0 Å². The zero-order valence-corrected chi connectivity index (χ0v) is 37.5. The largest absolute Gasteiger partial charge is 0.456 e. The highest BCUT2D eigenvalue weighted by molar-refractivity contribution is 5.86. The Labute approximate surface area is 365 Å². The van der Waals surface area contributed by atoms with Gasteiger partial charge in [-0.3, -0.25) is 9.59 Å². The summed E-state index contributed by atoms with van der Waals surface area (Å²) in [4.78, 5) is 28.0. The maximum Gasteiger partial charge on any atom is 0.311 e. The van der Waals surface area contributed by atoms with E-state index in [9.17, 15) is 30.0 Å². The molecule has 0 aromatic carbocycles. The zero-order valence-electron chi connectivity index (χ0n) is 37.5. The molecule has 0 amide bonds. The van der Waals surface area contributed by atoms with E-state index in [2.05, 4.69) is 26.8 Å². The molecule has 2 spiro atoms. The van der Waals surface area contributed by atoms with Gasteiger partial charge in [-0.2, -0.15) is 0 Å². The summed E-state index contributed by atoms with van der Waals surface area (Å²) in [5.41, 5.74) is -1.34. The summed E-state index contributed by atoms with van der Waals surface area (Å²) < 4.78 is 58.6. The summed E-state index contributed by atoms with van der Waals surface area (Å²) in [6.07, 6.45) is 2.25. The molecule has 9 rings (SSSR count). The summed E-state index contributed by atoms with van der Waals surface area (Å²) in [6, 6.07) is 0. The minimum Gasteiger partial charge on any atom is -0.456 e. The predicted octanol–water partition coefficient (Wildman–Crippen LogP) is 4.22. The number of aliphatic hydroxyl groups excluding tert-OH is 3. The average molecular weight is 875 g/mol. The van der Waals surface area contributed by atoms with E-state index < -0.39 is 107 Å². The van der Waals surface area contributed by atoms with E-state index in [1.54, 1.807) is 26.8 Å². The van der Waals surface area contributed by atoms with Crippen LogP contribution in [0.25, 0.3) is 0 Å². The Kier molecular flexibility index (Phi) is 11.8. The Morgan fingerprint density at radius 2 is 1.55 bits per heavy atom. The van der Waals surface area contributed by atoms with Gasteiger partial charge in [-0.25, -0.2) is 0 Å². The average Bonchev–Trinajstić information content (AvgIpc) is 4.02. The molecule has 0 unspecified atom stereocenters. The Hall–Kier alpha value is -1.86. The van der Waals surface area contributed by atoms with E-state index in [1.807, 2.05) is 13.0 Å². The van der Waals surface area contributed by atoms with Crippen molar-refractivity contribution in [2.24, 2.45) is 17.8 Å². The molecule has 15 heteroatoms. The van der Waals surface area contributed by atoms with Crippen LogP contribution >= 0.6 is 0 Å². The van der Waals surface area contributed by atoms with Gasteiger partial charge in [0, 0.05) is 32.1 Å². The van der Waals surface area contributed by atoms with Crippen molar-refractivity contribution in [1.82, 2.24) is 0 Å². The van der Waals surface area contributed by atoms with Crippen molar-refractivity contribution < 1.29 is 72.6 Å². The molecule has 9 heterocycles. The molecule has 4 N–H and O–H groups in total. The van der Waals surface area contributed by atoms with Gasteiger partial charge in [0.15, 0.2) is 23.5 Å². The van der Waals surface area contributed by atoms with Crippen LogP contribution in [0.4, 0.5) is 0 Å². The van der Waals surface area contributed by atoms with Crippen molar-refractivity contribution in [1.29, 1.82) is 0 Å². The zero-order chi connectivity index (χ0) is 44.2. The molecule has 8 fully saturated rings. The van der Waals surface area contributed by atoms with Gasteiger partial charge in [0.05, 0.1) is 42.0 Å². The molecule has 348 valence electrons. The molecule has 0 radical (unpaired) electrons. The molecule has 0 aromatic heterocycles. The Balaban J connectivity index is 1.01. The maximum absolute atomic E-state index is 14.1. The topological polar surface area (TPSA) is 198 Å². The van der Waals surface area contributed by atoms with Gasteiger partial charge in [0.2, 0.25) is 5.79 Å². The lowest BCUT2D eigenvalue weighted by molar-refractivity contribution is -0.359. The van der Waals surface area contributed by atoms with Crippen molar-refractivity contribution in [2.75, 3.05) is 6.61 Å². The lowest BCUT2D eigenvalue weighted by atomic mass is 9.86. The quantitative estimate of drug-likeness (QED) is 0.273. The number of hydrogen-bond acceptors (Lipinski definition) is 15. The molecule has 0 aromatic rings.